The molecule has 3 aromatic rings. The van der Waals surface area contributed by atoms with Gasteiger partial charge in [-0.3, -0.25) is 9.69 Å². The Morgan fingerprint density at radius 2 is 1.73 bits per heavy atom. The Morgan fingerprint density at radius 1 is 1.08 bits per heavy atom. The second kappa shape index (κ2) is 11.8. The summed E-state index contributed by atoms with van der Waals surface area (Å²) in [6, 6.07) is 11.6. The number of sulfonamides is 1. The van der Waals surface area contributed by atoms with Gasteiger partial charge < -0.3 is 9.64 Å². The number of aromatic nitrogens is 1. The Kier molecular flexibility index (Phi) is 8.88. The van der Waals surface area contributed by atoms with E-state index in [9.17, 15) is 13.2 Å². The summed E-state index contributed by atoms with van der Waals surface area (Å²) in [6.45, 7) is 11.4. The molecule has 1 amide bonds. The predicted octanol–water partition coefficient (Wildman–Crippen LogP) is 4.74. The fraction of sp³-hybridized carbons (Fsp3) is 0.462. The van der Waals surface area contributed by atoms with Crippen LogP contribution in [0.25, 0.3) is 10.2 Å². The first-order valence-electron chi connectivity index (χ1n) is 12.5. The van der Waals surface area contributed by atoms with E-state index in [1.807, 2.05) is 26.0 Å². The predicted molar refractivity (Wildman–Crippen MR) is 149 cm³/mol. The number of carbonyl (C=O) groups excluding carboxylic acids is 1. The fourth-order valence-corrected chi connectivity index (χ4v) is 7.32. The largest absolute Gasteiger partial charge is 0.373 e. The number of ether oxygens (including phenoxy) is 1. The van der Waals surface area contributed by atoms with Crippen LogP contribution < -0.4 is 4.90 Å². The van der Waals surface area contributed by atoms with Gasteiger partial charge in [-0.2, -0.15) is 4.31 Å². The summed E-state index contributed by atoms with van der Waals surface area (Å²) in [4.78, 5) is 22.5. The minimum atomic E-state index is -3.69. The summed E-state index contributed by atoms with van der Waals surface area (Å²) in [6.07, 6.45) is -0.357. The van der Waals surface area contributed by atoms with Crippen molar-refractivity contribution in [3.8, 4) is 0 Å². The van der Waals surface area contributed by atoms with Crippen LogP contribution in [0.2, 0.25) is 5.02 Å². The van der Waals surface area contributed by atoms with Crippen LogP contribution in [0.1, 0.15) is 38.1 Å². The number of likely N-dealkylation sites (N-methyl/N-ethyl adjacent to an activating group) is 1. The van der Waals surface area contributed by atoms with Gasteiger partial charge in [0.2, 0.25) is 10.0 Å². The molecule has 8 nitrogen and oxygen atoms in total. The summed E-state index contributed by atoms with van der Waals surface area (Å²) in [7, 11) is -3.69. The highest BCUT2D eigenvalue weighted by molar-refractivity contribution is 7.89. The number of nitrogens with zero attached hydrogens (tertiary/aromatic N) is 4. The van der Waals surface area contributed by atoms with Gasteiger partial charge in [-0.1, -0.05) is 36.8 Å². The van der Waals surface area contributed by atoms with E-state index in [0.29, 0.717) is 41.9 Å². The molecule has 1 saturated heterocycles. The quantitative estimate of drug-likeness (QED) is 0.373. The molecular weight excluding hydrogens is 532 g/mol. The number of anilines is 1. The second-order valence-corrected chi connectivity index (χ2v) is 12.6. The van der Waals surface area contributed by atoms with Gasteiger partial charge in [0.1, 0.15) is 0 Å². The summed E-state index contributed by atoms with van der Waals surface area (Å²) >= 11 is 7.57. The van der Waals surface area contributed by atoms with Crippen LogP contribution in [0.5, 0.6) is 0 Å². The van der Waals surface area contributed by atoms with E-state index in [2.05, 4.69) is 18.7 Å². The van der Waals surface area contributed by atoms with Crippen LogP contribution in [-0.4, -0.2) is 80.0 Å². The molecule has 1 aromatic heterocycles. The number of benzene rings is 2. The third kappa shape index (κ3) is 6.32. The average Bonchev–Trinajstić information content (AvgIpc) is 3.28. The first-order chi connectivity index (χ1) is 17.6. The lowest BCUT2D eigenvalue weighted by Crippen LogP contribution is -2.48. The van der Waals surface area contributed by atoms with Gasteiger partial charge in [0.25, 0.3) is 5.91 Å². The summed E-state index contributed by atoms with van der Waals surface area (Å²) < 4.78 is 34.5. The number of thiazole rings is 1. The average molecular weight is 565 g/mol. The Morgan fingerprint density at radius 3 is 2.35 bits per heavy atom. The van der Waals surface area contributed by atoms with Crippen LogP contribution in [0.3, 0.4) is 0 Å². The van der Waals surface area contributed by atoms with Gasteiger partial charge in [0.15, 0.2) is 5.13 Å². The molecular formula is C26H33ClN4O4S2. The molecule has 0 radical (unpaired) electrons. The van der Waals surface area contributed by atoms with Crippen LogP contribution in [-0.2, 0) is 14.8 Å². The van der Waals surface area contributed by atoms with Crippen molar-refractivity contribution in [1.29, 1.82) is 0 Å². The van der Waals surface area contributed by atoms with E-state index in [0.717, 1.165) is 23.3 Å². The first kappa shape index (κ1) is 27.9. The van der Waals surface area contributed by atoms with Crippen molar-refractivity contribution in [2.24, 2.45) is 0 Å². The van der Waals surface area contributed by atoms with Crippen LogP contribution >= 0.6 is 22.9 Å². The van der Waals surface area contributed by atoms with Crippen molar-refractivity contribution in [1.82, 2.24) is 14.2 Å². The van der Waals surface area contributed by atoms with Gasteiger partial charge in [-0.25, -0.2) is 13.4 Å². The molecule has 0 aliphatic carbocycles. The van der Waals surface area contributed by atoms with Crippen LogP contribution in [0, 0.1) is 0 Å². The zero-order valence-electron chi connectivity index (χ0n) is 21.6. The lowest BCUT2D eigenvalue weighted by Gasteiger charge is -2.34. The van der Waals surface area contributed by atoms with E-state index in [1.54, 1.807) is 23.1 Å². The number of morpholine rings is 1. The van der Waals surface area contributed by atoms with Crippen molar-refractivity contribution in [3.05, 3.63) is 53.1 Å². The SMILES string of the molecule is CCN(CC)CCN(C(=O)c1ccc(S(=O)(=O)N2CC(C)OC(C)C2)cc1)c1nc2ccc(Cl)cc2s1. The van der Waals surface area contributed by atoms with Gasteiger partial charge in [0, 0.05) is 36.8 Å². The maximum absolute atomic E-state index is 13.7. The molecule has 1 aliphatic heterocycles. The van der Waals surface area contributed by atoms with E-state index in [1.165, 1.54) is 27.8 Å². The zero-order valence-corrected chi connectivity index (χ0v) is 23.9. The third-order valence-corrected chi connectivity index (χ3v) is 9.60. The Hall–Kier alpha value is -2.08. The normalized spacial score (nSPS) is 19.0. The van der Waals surface area contributed by atoms with Crippen molar-refractivity contribution in [2.45, 2.75) is 44.8 Å². The first-order valence-corrected chi connectivity index (χ1v) is 15.1. The van der Waals surface area contributed by atoms with Gasteiger partial charge in [-0.15, -0.1) is 0 Å². The standard InChI is InChI=1S/C26H33ClN4O4S2/c1-5-29(6-2)13-14-31(26-28-23-12-9-21(27)15-24(23)36-26)25(32)20-7-10-22(11-8-20)37(33,34)30-16-18(3)35-19(4)17-30/h7-12,15,18-19H,5-6,13-14,16-17H2,1-4H3. The highest BCUT2D eigenvalue weighted by Gasteiger charge is 2.32. The lowest BCUT2D eigenvalue weighted by atomic mass is 10.2. The van der Waals surface area contributed by atoms with E-state index in [-0.39, 0.29) is 23.0 Å². The van der Waals surface area contributed by atoms with E-state index < -0.39 is 10.0 Å². The third-order valence-electron chi connectivity index (χ3n) is 6.47. The summed E-state index contributed by atoms with van der Waals surface area (Å²) in [5, 5.41) is 1.20. The van der Waals surface area contributed by atoms with Gasteiger partial charge in [0.05, 0.1) is 27.3 Å². The molecule has 2 heterocycles. The number of amides is 1. The maximum atomic E-state index is 13.7. The molecule has 4 rings (SSSR count). The second-order valence-electron chi connectivity index (χ2n) is 9.20. The Labute approximate surface area is 227 Å². The van der Waals surface area contributed by atoms with Crippen LogP contribution in [0.15, 0.2) is 47.4 Å². The molecule has 0 bridgehead atoms. The molecule has 2 atom stereocenters. The molecule has 1 aliphatic rings. The molecule has 0 spiro atoms. The van der Waals surface area contributed by atoms with Crippen molar-refractivity contribution in [3.63, 3.8) is 0 Å². The monoisotopic (exact) mass is 564 g/mol. The smallest absolute Gasteiger partial charge is 0.260 e. The maximum Gasteiger partial charge on any atom is 0.260 e. The fourth-order valence-electron chi connectivity index (χ4n) is 4.47. The number of hydrogen-bond acceptors (Lipinski definition) is 7. The highest BCUT2D eigenvalue weighted by atomic mass is 35.5. The number of fused-ring (bicyclic) bond motifs is 1. The molecule has 2 aromatic carbocycles. The molecule has 2 unspecified atom stereocenters. The topological polar surface area (TPSA) is 83.1 Å². The number of rotatable bonds is 9. The molecule has 11 heteroatoms. The number of carbonyl (C=O) groups is 1. The zero-order chi connectivity index (χ0) is 26.7. The summed E-state index contributed by atoms with van der Waals surface area (Å²) in [5.41, 5.74) is 1.18. The molecule has 0 N–H and O–H groups in total. The molecule has 1 fully saturated rings. The number of hydrogen-bond donors (Lipinski definition) is 0. The van der Waals surface area contributed by atoms with Crippen molar-refractivity contribution in [2.75, 3.05) is 44.2 Å². The van der Waals surface area contributed by atoms with Crippen molar-refractivity contribution < 1.29 is 17.9 Å². The van der Waals surface area contributed by atoms with E-state index in [4.69, 9.17) is 21.3 Å². The van der Waals surface area contributed by atoms with E-state index >= 15 is 0 Å². The summed E-state index contributed by atoms with van der Waals surface area (Å²) in [5.74, 6) is -0.227. The van der Waals surface area contributed by atoms with Gasteiger partial charge >= 0.3 is 0 Å². The lowest BCUT2D eigenvalue weighted by molar-refractivity contribution is -0.0440. The Bertz CT molecular complexity index is 1330. The Balaban J connectivity index is 1.61. The highest BCUT2D eigenvalue weighted by Crippen LogP contribution is 2.32. The minimum absolute atomic E-state index is 0.162. The minimum Gasteiger partial charge on any atom is -0.373 e. The van der Waals surface area contributed by atoms with Crippen molar-refractivity contribution >= 4 is 54.2 Å². The van der Waals surface area contributed by atoms with Crippen LogP contribution in [0.4, 0.5) is 5.13 Å². The molecule has 200 valence electrons. The number of halogens is 1. The van der Waals surface area contributed by atoms with Gasteiger partial charge in [-0.05, 0) is 69.4 Å². The molecule has 37 heavy (non-hydrogen) atoms. The molecule has 0 saturated carbocycles.